The Morgan fingerprint density at radius 2 is 2.00 bits per heavy atom. The van der Waals surface area contributed by atoms with Crippen LogP contribution in [0.3, 0.4) is 0 Å². The Kier molecular flexibility index (Phi) is 4.43. The molecule has 1 aromatic rings. The van der Waals surface area contributed by atoms with Crippen LogP contribution in [0.15, 0.2) is 24.3 Å². The molecule has 2 unspecified atom stereocenters. The maximum atomic E-state index is 9.05. The lowest BCUT2D eigenvalue weighted by molar-refractivity contribution is 0.228. The zero-order chi connectivity index (χ0) is 12.3. The molecule has 0 bridgehead atoms. The Balaban J connectivity index is 1.99. The molecule has 2 nitrogen and oxygen atoms in total. The van der Waals surface area contributed by atoms with Gasteiger partial charge in [0.05, 0.1) is 0 Å². The lowest BCUT2D eigenvalue weighted by atomic mass is 10.0. The Morgan fingerprint density at radius 3 is 2.53 bits per heavy atom. The summed E-state index contributed by atoms with van der Waals surface area (Å²) in [5.74, 6) is 1.06. The molecule has 1 aliphatic carbocycles. The van der Waals surface area contributed by atoms with Crippen molar-refractivity contribution in [3.63, 3.8) is 0 Å². The van der Waals surface area contributed by atoms with Gasteiger partial charge < -0.3 is 10.4 Å². The topological polar surface area (TPSA) is 32.3 Å². The molecule has 1 fully saturated rings. The Hall–Kier alpha value is -0.570. The minimum Gasteiger partial charge on any atom is -0.396 e. The van der Waals surface area contributed by atoms with Gasteiger partial charge in [0.1, 0.15) is 0 Å². The highest BCUT2D eigenvalue weighted by molar-refractivity contribution is 6.30. The maximum absolute atomic E-state index is 9.05. The summed E-state index contributed by atoms with van der Waals surface area (Å²) in [6.45, 7) is 3.16. The second-order valence-corrected chi connectivity index (χ2v) is 5.50. The molecular formula is C14H20ClNO. The van der Waals surface area contributed by atoms with E-state index in [0.717, 1.165) is 17.5 Å². The molecule has 0 saturated heterocycles. The van der Waals surface area contributed by atoms with Crippen LogP contribution < -0.4 is 5.32 Å². The zero-order valence-electron chi connectivity index (χ0n) is 10.2. The predicted molar refractivity (Wildman–Crippen MR) is 71.2 cm³/mol. The van der Waals surface area contributed by atoms with E-state index in [4.69, 9.17) is 16.7 Å². The number of rotatable bonds is 6. The third-order valence-corrected chi connectivity index (χ3v) is 3.57. The Labute approximate surface area is 108 Å². The first-order chi connectivity index (χ1) is 8.20. The molecule has 1 saturated carbocycles. The summed E-state index contributed by atoms with van der Waals surface area (Å²) >= 11 is 5.91. The largest absolute Gasteiger partial charge is 0.396 e. The van der Waals surface area contributed by atoms with Crippen LogP contribution in [0.1, 0.15) is 31.4 Å². The van der Waals surface area contributed by atoms with E-state index in [2.05, 4.69) is 24.4 Å². The van der Waals surface area contributed by atoms with Crippen LogP contribution in [0, 0.1) is 11.8 Å². The first-order valence-corrected chi connectivity index (χ1v) is 6.68. The van der Waals surface area contributed by atoms with Crippen molar-refractivity contribution in [2.24, 2.45) is 11.8 Å². The van der Waals surface area contributed by atoms with Crippen molar-refractivity contribution in [3.8, 4) is 0 Å². The molecule has 2 N–H and O–H groups in total. The lowest BCUT2D eigenvalue weighted by Crippen LogP contribution is -2.29. The average Bonchev–Trinajstić information content (AvgIpc) is 3.15. The van der Waals surface area contributed by atoms with Crippen LogP contribution in [0.25, 0.3) is 0 Å². The van der Waals surface area contributed by atoms with E-state index in [0.29, 0.717) is 12.0 Å². The molecule has 0 radical (unpaired) electrons. The van der Waals surface area contributed by atoms with E-state index in [9.17, 15) is 0 Å². The van der Waals surface area contributed by atoms with Gasteiger partial charge in [-0.1, -0.05) is 30.7 Å². The van der Waals surface area contributed by atoms with E-state index >= 15 is 0 Å². The summed E-state index contributed by atoms with van der Waals surface area (Å²) in [5.41, 5.74) is 1.31. The zero-order valence-corrected chi connectivity index (χ0v) is 11.0. The van der Waals surface area contributed by atoms with Crippen molar-refractivity contribution in [3.05, 3.63) is 34.9 Å². The number of hydrogen-bond donors (Lipinski definition) is 2. The van der Waals surface area contributed by atoms with E-state index < -0.39 is 0 Å². The highest BCUT2D eigenvalue weighted by Crippen LogP contribution is 2.41. The molecule has 0 heterocycles. The van der Waals surface area contributed by atoms with Gasteiger partial charge in [-0.2, -0.15) is 0 Å². The van der Waals surface area contributed by atoms with Crippen molar-refractivity contribution in [1.29, 1.82) is 0 Å². The SMILES string of the molecule is CC(CO)CNC(c1ccc(Cl)cc1)C1CC1. The molecule has 0 amide bonds. The third kappa shape index (κ3) is 3.70. The minimum atomic E-state index is 0.241. The van der Waals surface area contributed by atoms with E-state index in [1.807, 2.05) is 12.1 Å². The van der Waals surface area contributed by atoms with Gasteiger partial charge in [-0.25, -0.2) is 0 Å². The number of aliphatic hydroxyl groups excluding tert-OH is 1. The smallest absolute Gasteiger partial charge is 0.0468 e. The van der Waals surface area contributed by atoms with Crippen molar-refractivity contribution in [1.82, 2.24) is 5.32 Å². The molecule has 2 atom stereocenters. The minimum absolute atomic E-state index is 0.241. The van der Waals surface area contributed by atoms with Gasteiger partial charge in [-0.3, -0.25) is 0 Å². The second kappa shape index (κ2) is 5.85. The molecular weight excluding hydrogens is 234 g/mol. The number of aliphatic hydroxyl groups is 1. The fourth-order valence-corrected chi connectivity index (χ4v) is 2.18. The fraction of sp³-hybridized carbons (Fsp3) is 0.571. The first kappa shape index (κ1) is 12.9. The van der Waals surface area contributed by atoms with Gasteiger partial charge in [0, 0.05) is 24.2 Å². The molecule has 1 aromatic carbocycles. The summed E-state index contributed by atoms with van der Waals surface area (Å²) < 4.78 is 0. The fourth-order valence-electron chi connectivity index (χ4n) is 2.05. The lowest BCUT2D eigenvalue weighted by Gasteiger charge is -2.21. The average molecular weight is 254 g/mol. The van der Waals surface area contributed by atoms with E-state index in [1.165, 1.54) is 18.4 Å². The van der Waals surface area contributed by atoms with Crippen LogP contribution in [-0.2, 0) is 0 Å². The number of halogens is 1. The summed E-state index contributed by atoms with van der Waals surface area (Å²) in [4.78, 5) is 0. The number of nitrogens with one attached hydrogen (secondary N) is 1. The summed E-state index contributed by atoms with van der Waals surface area (Å²) in [6.07, 6.45) is 2.60. The second-order valence-electron chi connectivity index (χ2n) is 5.06. The standard InChI is InChI=1S/C14H20ClNO/c1-10(9-17)8-16-14(11-2-3-11)12-4-6-13(15)7-5-12/h4-7,10-11,14,16-17H,2-3,8-9H2,1H3. The summed E-state index contributed by atoms with van der Waals surface area (Å²) in [6, 6.07) is 8.51. The molecule has 3 heteroatoms. The van der Waals surface area contributed by atoms with Gasteiger partial charge in [0.2, 0.25) is 0 Å². The molecule has 0 aliphatic heterocycles. The van der Waals surface area contributed by atoms with Crippen molar-refractivity contribution < 1.29 is 5.11 Å². The van der Waals surface area contributed by atoms with Crippen LogP contribution in [0.5, 0.6) is 0 Å². The van der Waals surface area contributed by atoms with Gasteiger partial charge in [0.25, 0.3) is 0 Å². The molecule has 0 aromatic heterocycles. The van der Waals surface area contributed by atoms with Crippen LogP contribution >= 0.6 is 11.6 Å². The van der Waals surface area contributed by atoms with Crippen molar-refractivity contribution in [2.45, 2.75) is 25.8 Å². The Morgan fingerprint density at radius 1 is 1.35 bits per heavy atom. The summed E-state index contributed by atoms with van der Waals surface area (Å²) in [7, 11) is 0. The number of hydrogen-bond acceptors (Lipinski definition) is 2. The van der Waals surface area contributed by atoms with Crippen LogP contribution in [-0.4, -0.2) is 18.3 Å². The quantitative estimate of drug-likeness (QED) is 0.817. The Bertz CT molecular complexity index is 348. The molecule has 0 spiro atoms. The maximum Gasteiger partial charge on any atom is 0.0468 e. The molecule has 17 heavy (non-hydrogen) atoms. The summed E-state index contributed by atoms with van der Waals surface area (Å²) in [5, 5.41) is 13.4. The van der Waals surface area contributed by atoms with Crippen LogP contribution in [0.2, 0.25) is 5.02 Å². The van der Waals surface area contributed by atoms with Crippen LogP contribution in [0.4, 0.5) is 0 Å². The van der Waals surface area contributed by atoms with Crippen molar-refractivity contribution >= 4 is 11.6 Å². The molecule has 2 rings (SSSR count). The monoisotopic (exact) mass is 253 g/mol. The van der Waals surface area contributed by atoms with Gasteiger partial charge in [0.15, 0.2) is 0 Å². The first-order valence-electron chi connectivity index (χ1n) is 6.30. The van der Waals surface area contributed by atoms with E-state index in [1.54, 1.807) is 0 Å². The third-order valence-electron chi connectivity index (χ3n) is 3.32. The van der Waals surface area contributed by atoms with Gasteiger partial charge in [-0.05, 0) is 42.4 Å². The predicted octanol–water partition coefficient (Wildman–Crippen LogP) is 3.01. The molecule has 94 valence electrons. The van der Waals surface area contributed by atoms with E-state index in [-0.39, 0.29) is 6.61 Å². The van der Waals surface area contributed by atoms with Gasteiger partial charge in [-0.15, -0.1) is 0 Å². The molecule has 1 aliphatic rings. The highest BCUT2D eigenvalue weighted by Gasteiger charge is 2.32. The normalized spacial score (nSPS) is 19.0. The number of benzene rings is 1. The van der Waals surface area contributed by atoms with Gasteiger partial charge >= 0.3 is 0 Å². The van der Waals surface area contributed by atoms with Crippen molar-refractivity contribution in [2.75, 3.05) is 13.2 Å². The highest BCUT2D eigenvalue weighted by atomic mass is 35.5.